The van der Waals surface area contributed by atoms with E-state index in [2.05, 4.69) is 12.2 Å². The molecule has 0 bridgehead atoms. The molecule has 1 N–H and O–H groups in total. The lowest BCUT2D eigenvalue weighted by Crippen LogP contribution is -2.24. The first kappa shape index (κ1) is 5.82. The van der Waals surface area contributed by atoms with E-state index < -0.39 is 0 Å². The monoisotopic (exact) mass is 130 g/mol. The Balaban J connectivity index is 2.51. The molecule has 0 saturated carbocycles. The quantitative estimate of drug-likeness (QED) is 0.471. The van der Waals surface area contributed by atoms with Crippen molar-refractivity contribution in [3.63, 3.8) is 0 Å². The van der Waals surface area contributed by atoms with Crippen molar-refractivity contribution < 1.29 is 0 Å². The number of thiocarbonyl (C=S) groups is 1. The molecule has 3 heteroatoms. The van der Waals surface area contributed by atoms with Crippen LogP contribution in [0.15, 0.2) is 0 Å². The van der Waals surface area contributed by atoms with Gasteiger partial charge in [0.2, 0.25) is 0 Å². The van der Waals surface area contributed by atoms with Crippen molar-refractivity contribution in [2.75, 3.05) is 13.6 Å². The predicted molar refractivity (Wildman–Crippen MR) is 37.8 cm³/mol. The maximum absolute atomic E-state index is 4.93. The van der Waals surface area contributed by atoms with Gasteiger partial charge in [-0.15, -0.1) is 0 Å². The third-order valence-corrected chi connectivity index (χ3v) is 1.69. The Kier molecular flexibility index (Phi) is 1.38. The molecule has 0 radical (unpaired) electrons. The van der Waals surface area contributed by atoms with Crippen molar-refractivity contribution in [3.8, 4) is 0 Å². The summed E-state index contributed by atoms with van der Waals surface area (Å²) in [7, 11) is 2.00. The van der Waals surface area contributed by atoms with Crippen molar-refractivity contribution in [2.45, 2.75) is 13.0 Å². The van der Waals surface area contributed by atoms with Crippen LogP contribution in [0.4, 0.5) is 0 Å². The molecule has 0 aromatic carbocycles. The topological polar surface area (TPSA) is 15.3 Å². The van der Waals surface area contributed by atoms with Crippen LogP contribution in [0.25, 0.3) is 0 Å². The second-order valence-corrected chi connectivity index (χ2v) is 2.62. The summed E-state index contributed by atoms with van der Waals surface area (Å²) < 4.78 is 0. The zero-order valence-corrected chi connectivity index (χ0v) is 5.96. The van der Waals surface area contributed by atoms with Gasteiger partial charge in [0, 0.05) is 19.6 Å². The van der Waals surface area contributed by atoms with E-state index in [1.165, 1.54) is 0 Å². The fraction of sp³-hybridized carbons (Fsp3) is 0.800. The lowest BCUT2D eigenvalue weighted by Gasteiger charge is -2.05. The SMILES string of the molecule is CC1CN(C)C(=S)N1. The fourth-order valence-corrected chi connectivity index (χ4v) is 1.14. The zero-order chi connectivity index (χ0) is 6.15. The van der Waals surface area contributed by atoms with E-state index in [1.54, 1.807) is 0 Å². The van der Waals surface area contributed by atoms with E-state index in [0.717, 1.165) is 11.7 Å². The van der Waals surface area contributed by atoms with Crippen molar-refractivity contribution in [1.29, 1.82) is 0 Å². The molecule has 46 valence electrons. The van der Waals surface area contributed by atoms with E-state index in [-0.39, 0.29) is 0 Å². The van der Waals surface area contributed by atoms with Gasteiger partial charge in [-0.25, -0.2) is 0 Å². The van der Waals surface area contributed by atoms with Gasteiger partial charge < -0.3 is 10.2 Å². The molecule has 0 aromatic rings. The van der Waals surface area contributed by atoms with E-state index in [0.29, 0.717) is 6.04 Å². The van der Waals surface area contributed by atoms with Crippen LogP contribution >= 0.6 is 12.2 Å². The Morgan fingerprint density at radius 1 is 1.88 bits per heavy atom. The average molecular weight is 130 g/mol. The first-order valence-corrected chi connectivity index (χ1v) is 3.12. The van der Waals surface area contributed by atoms with Gasteiger partial charge in [0.25, 0.3) is 0 Å². The summed E-state index contributed by atoms with van der Waals surface area (Å²) in [6, 6.07) is 0.535. The maximum atomic E-state index is 4.93. The minimum absolute atomic E-state index is 0.535. The second kappa shape index (κ2) is 1.90. The molecule has 0 spiro atoms. The van der Waals surface area contributed by atoms with Crippen LogP contribution in [0.3, 0.4) is 0 Å². The molecule has 1 saturated heterocycles. The average Bonchev–Trinajstić information content (AvgIpc) is 1.85. The van der Waals surface area contributed by atoms with Gasteiger partial charge in [-0.2, -0.15) is 0 Å². The van der Waals surface area contributed by atoms with Crippen molar-refractivity contribution in [1.82, 2.24) is 10.2 Å². The summed E-state index contributed by atoms with van der Waals surface area (Å²) in [5.74, 6) is 0. The maximum Gasteiger partial charge on any atom is 0.169 e. The van der Waals surface area contributed by atoms with E-state index in [9.17, 15) is 0 Å². The van der Waals surface area contributed by atoms with E-state index in [1.807, 2.05) is 11.9 Å². The van der Waals surface area contributed by atoms with E-state index >= 15 is 0 Å². The number of likely N-dealkylation sites (N-methyl/N-ethyl adjacent to an activating group) is 1. The summed E-state index contributed by atoms with van der Waals surface area (Å²) in [5, 5.41) is 4.00. The van der Waals surface area contributed by atoms with Crippen molar-refractivity contribution >= 4 is 17.3 Å². The van der Waals surface area contributed by atoms with Crippen LogP contribution in [0.2, 0.25) is 0 Å². The van der Waals surface area contributed by atoms with Gasteiger partial charge in [0.1, 0.15) is 0 Å². The highest BCUT2D eigenvalue weighted by Crippen LogP contribution is 1.98. The molecule has 1 unspecified atom stereocenters. The molecular weight excluding hydrogens is 120 g/mol. The fourth-order valence-electron chi connectivity index (χ4n) is 0.860. The Labute approximate surface area is 54.9 Å². The normalized spacial score (nSPS) is 28.5. The highest BCUT2D eigenvalue weighted by molar-refractivity contribution is 7.80. The molecule has 1 rings (SSSR count). The first-order chi connectivity index (χ1) is 3.70. The molecular formula is C5H10N2S. The van der Waals surface area contributed by atoms with Crippen LogP contribution in [-0.4, -0.2) is 29.6 Å². The summed E-state index contributed by atoms with van der Waals surface area (Å²) >= 11 is 4.93. The van der Waals surface area contributed by atoms with Crippen molar-refractivity contribution in [3.05, 3.63) is 0 Å². The summed E-state index contributed by atoms with van der Waals surface area (Å²) in [6.07, 6.45) is 0. The highest BCUT2D eigenvalue weighted by Gasteiger charge is 2.17. The summed E-state index contributed by atoms with van der Waals surface area (Å²) in [5.41, 5.74) is 0. The number of nitrogens with zero attached hydrogens (tertiary/aromatic N) is 1. The Morgan fingerprint density at radius 3 is 2.62 bits per heavy atom. The van der Waals surface area contributed by atoms with Crippen LogP contribution in [0.5, 0.6) is 0 Å². The number of nitrogens with one attached hydrogen (secondary N) is 1. The number of hydrogen-bond donors (Lipinski definition) is 1. The third kappa shape index (κ3) is 0.916. The lowest BCUT2D eigenvalue weighted by molar-refractivity contribution is 0.526. The van der Waals surface area contributed by atoms with Gasteiger partial charge in [0.15, 0.2) is 5.11 Å². The standard InChI is InChI=1S/C5H10N2S/c1-4-3-7(2)5(8)6-4/h4H,3H2,1-2H3,(H,6,8). The molecule has 0 aliphatic carbocycles. The molecule has 1 aliphatic rings. The zero-order valence-electron chi connectivity index (χ0n) is 5.14. The smallest absolute Gasteiger partial charge is 0.169 e. The largest absolute Gasteiger partial charge is 0.358 e. The third-order valence-electron chi connectivity index (χ3n) is 1.26. The van der Waals surface area contributed by atoms with Crippen LogP contribution in [0, 0.1) is 0 Å². The molecule has 0 amide bonds. The second-order valence-electron chi connectivity index (χ2n) is 2.23. The van der Waals surface area contributed by atoms with Crippen LogP contribution < -0.4 is 5.32 Å². The Bertz CT molecular complexity index is 113. The van der Waals surface area contributed by atoms with Gasteiger partial charge in [-0.1, -0.05) is 0 Å². The van der Waals surface area contributed by atoms with Gasteiger partial charge in [0.05, 0.1) is 0 Å². The Hall–Kier alpha value is -0.310. The van der Waals surface area contributed by atoms with Crippen LogP contribution in [0.1, 0.15) is 6.92 Å². The number of rotatable bonds is 0. The summed E-state index contributed by atoms with van der Waals surface area (Å²) in [6.45, 7) is 3.16. The summed E-state index contributed by atoms with van der Waals surface area (Å²) in [4.78, 5) is 2.04. The van der Waals surface area contributed by atoms with Crippen molar-refractivity contribution in [2.24, 2.45) is 0 Å². The van der Waals surface area contributed by atoms with Gasteiger partial charge in [-0.3, -0.25) is 0 Å². The minimum atomic E-state index is 0.535. The molecule has 1 atom stereocenters. The lowest BCUT2D eigenvalue weighted by atomic mass is 10.4. The molecule has 1 fully saturated rings. The van der Waals surface area contributed by atoms with Crippen LogP contribution in [-0.2, 0) is 0 Å². The Morgan fingerprint density at radius 2 is 2.50 bits per heavy atom. The molecule has 2 nitrogen and oxygen atoms in total. The van der Waals surface area contributed by atoms with Gasteiger partial charge in [-0.05, 0) is 19.1 Å². The predicted octanol–water partition coefficient (Wildman–Crippen LogP) is 0.195. The molecule has 1 aliphatic heterocycles. The van der Waals surface area contributed by atoms with E-state index in [4.69, 9.17) is 12.2 Å². The molecule has 8 heavy (non-hydrogen) atoms. The first-order valence-electron chi connectivity index (χ1n) is 2.72. The highest BCUT2D eigenvalue weighted by atomic mass is 32.1. The number of hydrogen-bond acceptors (Lipinski definition) is 1. The molecule has 0 aromatic heterocycles. The molecule has 1 heterocycles. The van der Waals surface area contributed by atoms with Gasteiger partial charge >= 0.3 is 0 Å². The minimum Gasteiger partial charge on any atom is -0.358 e.